The maximum Gasteiger partial charge on any atom is 0.122 e. The first-order valence-corrected chi connectivity index (χ1v) is 2.88. The zero-order valence-electron chi connectivity index (χ0n) is 4.91. The monoisotopic (exact) mass is 121 g/mol. The summed E-state index contributed by atoms with van der Waals surface area (Å²) in [6.07, 6.45) is 3.83. The summed E-state index contributed by atoms with van der Waals surface area (Å²) in [5.41, 5.74) is 4.17. The molecule has 1 aromatic rings. The molecule has 2 rings (SSSR count). The van der Waals surface area contributed by atoms with Gasteiger partial charge >= 0.3 is 0 Å². The second kappa shape index (κ2) is 1.62. The van der Waals surface area contributed by atoms with Crippen LogP contribution in [0.4, 0.5) is 0 Å². The first-order valence-electron chi connectivity index (χ1n) is 2.88. The normalized spacial score (nSPS) is 14.7. The number of hydrogen-bond donors (Lipinski definition) is 1. The maximum atomic E-state index is 4.03. The van der Waals surface area contributed by atoms with E-state index in [4.69, 9.17) is 0 Å². The fourth-order valence-electron chi connectivity index (χ4n) is 0.899. The van der Waals surface area contributed by atoms with E-state index in [1.54, 1.807) is 0 Å². The summed E-state index contributed by atoms with van der Waals surface area (Å²) in [4.78, 5) is 4.03. The van der Waals surface area contributed by atoms with Crippen molar-refractivity contribution in [2.24, 2.45) is 4.99 Å². The lowest BCUT2D eigenvalue weighted by molar-refractivity contribution is 0.831. The van der Waals surface area contributed by atoms with Gasteiger partial charge in [-0.25, -0.2) is 0 Å². The van der Waals surface area contributed by atoms with Gasteiger partial charge in [0.2, 0.25) is 0 Å². The van der Waals surface area contributed by atoms with Crippen LogP contribution in [0.2, 0.25) is 0 Å². The minimum atomic E-state index is 0.682. The van der Waals surface area contributed by atoms with Crippen molar-refractivity contribution in [3.05, 3.63) is 24.0 Å². The van der Waals surface area contributed by atoms with E-state index in [1.165, 1.54) is 0 Å². The smallest absolute Gasteiger partial charge is 0.122 e. The minimum absolute atomic E-state index is 0.682. The van der Waals surface area contributed by atoms with Crippen molar-refractivity contribution in [1.82, 2.24) is 4.68 Å². The summed E-state index contributed by atoms with van der Waals surface area (Å²) in [5.74, 6) is 0. The highest BCUT2D eigenvalue weighted by molar-refractivity contribution is 5.78. The molecule has 0 unspecified atom stereocenters. The molecule has 3 heteroatoms. The van der Waals surface area contributed by atoms with Gasteiger partial charge in [-0.15, -0.1) is 0 Å². The molecule has 0 amide bonds. The Kier molecular flexibility index (Phi) is 0.828. The van der Waals surface area contributed by atoms with Crippen molar-refractivity contribution in [1.29, 1.82) is 0 Å². The molecule has 1 aromatic heterocycles. The zero-order valence-corrected chi connectivity index (χ0v) is 4.91. The Morgan fingerprint density at radius 2 is 2.67 bits per heavy atom. The first kappa shape index (κ1) is 4.61. The average Bonchev–Trinajstić information content (AvgIpc) is 2.33. The molecular weight excluding hydrogens is 114 g/mol. The second-order valence-corrected chi connectivity index (χ2v) is 1.93. The van der Waals surface area contributed by atoms with Crippen LogP contribution >= 0.6 is 0 Å². The second-order valence-electron chi connectivity index (χ2n) is 1.93. The van der Waals surface area contributed by atoms with Gasteiger partial charge in [-0.2, -0.15) is 0 Å². The van der Waals surface area contributed by atoms with Crippen molar-refractivity contribution in [2.75, 3.05) is 12.1 Å². The molecule has 0 aromatic carbocycles. The zero-order chi connectivity index (χ0) is 6.10. The lowest BCUT2D eigenvalue weighted by atomic mass is 10.5. The maximum absolute atomic E-state index is 4.03. The molecule has 1 aliphatic rings. The number of aromatic nitrogens is 1. The van der Waals surface area contributed by atoms with Gasteiger partial charge < -0.3 is 5.43 Å². The number of nitrogens with zero attached hydrogens (tertiary/aromatic N) is 2. The highest BCUT2D eigenvalue weighted by Gasteiger charge is 1.98. The van der Waals surface area contributed by atoms with Crippen LogP contribution in [0, 0.1) is 0 Å². The predicted molar refractivity (Wildman–Crippen MR) is 36.3 cm³/mol. The molecule has 0 aliphatic carbocycles. The molecule has 46 valence electrons. The highest BCUT2D eigenvalue weighted by Crippen LogP contribution is 1.98. The first-order chi connectivity index (χ1) is 4.47. The number of fused-ring (bicyclic) bond motifs is 1. The Hall–Kier alpha value is -1.25. The highest BCUT2D eigenvalue weighted by atomic mass is 15.4. The number of nitrogens with one attached hydrogen (secondary N) is 1. The molecule has 0 saturated heterocycles. The van der Waals surface area contributed by atoms with Crippen molar-refractivity contribution in [3.63, 3.8) is 0 Å². The molecule has 1 aliphatic heterocycles. The molecule has 1 N–H and O–H groups in total. The van der Waals surface area contributed by atoms with Crippen LogP contribution in [0.1, 0.15) is 5.69 Å². The average molecular weight is 121 g/mol. The molecule has 9 heavy (non-hydrogen) atoms. The van der Waals surface area contributed by atoms with Crippen LogP contribution in [0.15, 0.2) is 23.3 Å². The third-order valence-corrected chi connectivity index (χ3v) is 1.34. The number of rotatable bonds is 0. The number of aliphatic imine (C=N–C) groups is 1. The topological polar surface area (TPSA) is 29.3 Å². The van der Waals surface area contributed by atoms with Gasteiger partial charge in [0.05, 0.1) is 5.69 Å². The van der Waals surface area contributed by atoms with Crippen LogP contribution in [-0.2, 0) is 0 Å². The Bertz CT molecular complexity index is 236. The van der Waals surface area contributed by atoms with Crippen LogP contribution in [0.5, 0.6) is 0 Å². The van der Waals surface area contributed by atoms with E-state index >= 15 is 0 Å². The molecule has 3 nitrogen and oxygen atoms in total. The summed E-state index contributed by atoms with van der Waals surface area (Å²) >= 11 is 0. The molecule has 0 spiro atoms. The van der Waals surface area contributed by atoms with E-state index in [1.807, 2.05) is 29.2 Å². The van der Waals surface area contributed by atoms with Gasteiger partial charge in [-0.3, -0.25) is 9.67 Å². The van der Waals surface area contributed by atoms with E-state index in [-0.39, 0.29) is 0 Å². The Morgan fingerprint density at radius 1 is 1.67 bits per heavy atom. The standard InChI is InChI=1S/C6H7N3/c1-2-6-4-7-5-8-9(6)3-1/h1-4,8H,5H2. The predicted octanol–water partition coefficient (Wildman–Crippen LogP) is 0.422. The van der Waals surface area contributed by atoms with Crippen LogP contribution < -0.4 is 5.43 Å². The molecule has 0 bridgehead atoms. The van der Waals surface area contributed by atoms with Gasteiger partial charge in [-0.05, 0) is 12.1 Å². The lowest BCUT2D eigenvalue weighted by Crippen LogP contribution is -2.20. The number of hydrogen-bond acceptors (Lipinski definition) is 2. The molecule has 0 radical (unpaired) electrons. The fraction of sp³-hybridized carbons (Fsp3) is 0.167. The molecule has 0 saturated carbocycles. The molecule has 2 heterocycles. The summed E-state index contributed by atoms with van der Waals surface area (Å²) in [5, 5.41) is 0. The molecule has 0 atom stereocenters. The lowest BCUT2D eigenvalue weighted by Gasteiger charge is -2.10. The summed E-state index contributed by atoms with van der Waals surface area (Å²) in [6.45, 7) is 0.682. The summed E-state index contributed by atoms with van der Waals surface area (Å²) in [7, 11) is 0. The van der Waals surface area contributed by atoms with Crippen molar-refractivity contribution < 1.29 is 0 Å². The third kappa shape index (κ3) is 0.614. The Morgan fingerprint density at radius 3 is 3.56 bits per heavy atom. The van der Waals surface area contributed by atoms with Crippen molar-refractivity contribution in [2.45, 2.75) is 0 Å². The van der Waals surface area contributed by atoms with Gasteiger partial charge in [0.15, 0.2) is 0 Å². The van der Waals surface area contributed by atoms with Gasteiger partial charge in [0, 0.05) is 12.4 Å². The van der Waals surface area contributed by atoms with Crippen molar-refractivity contribution >= 4 is 6.21 Å². The van der Waals surface area contributed by atoms with E-state index < -0.39 is 0 Å². The van der Waals surface area contributed by atoms with Crippen LogP contribution in [0.3, 0.4) is 0 Å². The Labute approximate surface area is 53.0 Å². The minimum Gasteiger partial charge on any atom is -0.304 e. The SMILES string of the molecule is C1=NCNn2cccc21. The summed E-state index contributed by atoms with van der Waals surface area (Å²) in [6, 6.07) is 4.00. The van der Waals surface area contributed by atoms with E-state index in [9.17, 15) is 0 Å². The van der Waals surface area contributed by atoms with Gasteiger partial charge in [-0.1, -0.05) is 0 Å². The van der Waals surface area contributed by atoms with E-state index in [0.717, 1.165) is 5.69 Å². The van der Waals surface area contributed by atoms with Gasteiger partial charge in [0.25, 0.3) is 0 Å². The van der Waals surface area contributed by atoms with Gasteiger partial charge in [0.1, 0.15) is 6.67 Å². The fourth-order valence-corrected chi connectivity index (χ4v) is 0.899. The molecular formula is C6H7N3. The van der Waals surface area contributed by atoms with E-state index in [2.05, 4.69) is 10.4 Å². The largest absolute Gasteiger partial charge is 0.304 e. The van der Waals surface area contributed by atoms with Crippen molar-refractivity contribution in [3.8, 4) is 0 Å². The van der Waals surface area contributed by atoms with Crippen LogP contribution in [0.25, 0.3) is 0 Å². The third-order valence-electron chi connectivity index (χ3n) is 1.34. The quantitative estimate of drug-likeness (QED) is 0.529. The molecule has 0 fully saturated rings. The van der Waals surface area contributed by atoms with Crippen LogP contribution in [-0.4, -0.2) is 17.6 Å². The summed E-state index contributed by atoms with van der Waals surface area (Å²) < 4.78 is 1.95. The Balaban J connectivity index is 2.53. The van der Waals surface area contributed by atoms with E-state index in [0.29, 0.717) is 6.67 Å².